The van der Waals surface area contributed by atoms with Crippen LogP contribution in [0, 0.1) is 13.8 Å². The van der Waals surface area contributed by atoms with Crippen molar-refractivity contribution >= 4 is 40.6 Å². The average molecular weight is 477 g/mol. The first-order chi connectivity index (χ1) is 16.4. The zero-order valence-corrected chi connectivity index (χ0v) is 20.2. The topological polar surface area (TPSA) is 73.5 Å². The van der Waals surface area contributed by atoms with Crippen molar-refractivity contribution in [3.8, 4) is 0 Å². The highest BCUT2D eigenvalue weighted by Gasteiger charge is 2.19. The van der Waals surface area contributed by atoms with E-state index in [2.05, 4.69) is 20.9 Å². The predicted octanol–water partition coefficient (Wildman–Crippen LogP) is 6.13. The fourth-order valence-corrected chi connectivity index (χ4v) is 4.19. The molecule has 1 heterocycles. The summed E-state index contributed by atoms with van der Waals surface area (Å²) in [7, 11) is 0. The maximum atomic E-state index is 12.9. The Morgan fingerprint density at radius 2 is 1.62 bits per heavy atom. The zero-order chi connectivity index (χ0) is 24.1. The van der Waals surface area contributed by atoms with Crippen molar-refractivity contribution in [2.45, 2.75) is 33.2 Å². The van der Waals surface area contributed by atoms with Gasteiger partial charge in [-0.3, -0.25) is 4.79 Å². The van der Waals surface area contributed by atoms with E-state index in [-0.39, 0.29) is 11.9 Å². The van der Waals surface area contributed by atoms with Crippen LogP contribution in [-0.4, -0.2) is 25.0 Å². The number of carbonyl (C=O) groups excluding carboxylic acids is 2. The van der Waals surface area contributed by atoms with Gasteiger partial charge in [-0.25, -0.2) is 4.79 Å². The van der Waals surface area contributed by atoms with Crippen molar-refractivity contribution in [1.82, 2.24) is 5.32 Å². The molecule has 0 bridgehead atoms. The number of nitrogens with zero attached hydrogens (tertiary/aromatic N) is 1. The largest absolute Gasteiger partial charge is 0.370 e. The summed E-state index contributed by atoms with van der Waals surface area (Å²) in [6.45, 7) is 6.16. The van der Waals surface area contributed by atoms with Crippen molar-refractivity contribution in [3.63, 3.8) is 0 Å². The van der Waals surface area contributed by atoms with Gasteiger partial charge in [0.25, 0.3) is 5.91 Å². The van der Waals surface area contributed by atoms with E-state index in [1.54, 1.807) is 24.3 Å². The van der Waals surface area contributed by atoms with Gasteiger partial charge in [0, 0.05) is 35.9 Å². The lowest BCUT2D eigenvalue weighted by Gasteiger charge is -2.22. The molecular weight excluding hydrogens is 448 g/mol. The molecule has 7 heteroatoms. The second-order valence-corrected chi connectivity index (χ2v) is 8.99. The van der Waals surface area contributed by atoms with Crippen LogP contribution >= 0.6 is 11.6 Å². The lowest BCUT2D eigenvalue weighted by atomic mass is 10.1. The van der Waals surface area contributed by atoms with Crippen molar-refractivity contribution in [3.05, 3.63) is 87.9 Å². The fourth-order valence-electron chi connectivity index (χ4n) is 4.02. The standard InChI is InChI=1S/C27H29ClN4O2/c1-18-8-10-20(11-9-18)17-29-26(33)21-12-13-25(32-14-3-4-15-32)24(16-21)31-27(34)30-23-7-5-6-22(28)19(23)2/h5-13,16H,3-4,14-15,17H2,1-2H3,(H,29,33)(H2,30,31,34). The molecule has 1 aliphatic rings. The van der Waals surface area contributed by atoms with E-state index < -0.39 is 0 Å². The first-order valence-corrected chi connectivity index (χ1v) is 11.8. The molecule has 1 saturated heterocycles. The fraction of sp³-hybridized carbons (Fsp3) is 0.259. The van der Waals surface area contributed by atoms with Gasteiger partial charge in [-0.1, -0.05) is 47.5 Å². The number of hydrogen-bond donors (Lipinski definition) is 3. The van der Waals surface area contributed by atoms with E-state index in [1.165, 1.54) is 5.56 Å². The molecule has 0 radical (unpaired) electrons. The van der Waals surface area contributed by atoms with Crippen LogP contribution in [0.4, 0.5) is 21.9 Å². The zero-order valence-electron chi connectivity index (χ0n) is 19.5. The lowest BCUT2D eigenvalue weighted by molar-refractivity contribution is 0.0951. The highest BCUT2D eigenvalue weighted by molar-refractivity contribution is 6.31. The molecule has 3 amide bonds. The monoisotopic (exact) mass is 476 g/mol. The number of amides is 3. The first kappa shape index (κ1) is 23.6. The van der Waals surface area contributed by atoms with E-state index >= 15 is 0 Å². The van der Waals surface area contributed by atoms with Gasteiger partial charge in [0.15, 0.2) is 0 Å². The Morgan fingerprint density at radius 3 is 2.35 bits per heavy atom. The molecule has 0 atom stereocenters. The maximum Gasteiger partial charge on any atom is 0.323 e. The van der Waals surface area contributed by atoms with Crippen molar-refractivity contribution in [2.24, 2.45) is 0 Å². The van der Waals surface area contributed by atoms with Crippen LogP contribution in [0.25, 0.3) is 0 Å². The summed E-state index contributed by atoms with van der Waals surface area (Å²) < 4.78 is 0. The van der Waals surface area contributed by atoms with Gasteiger partial charge < -0.3 is 20.9 Å². The number of hydrogen-bond acceptors (Lipinski definition) is 3. The minimum Gasteiger partial charge on any atom is -0.370 e. The molecule has 1 fully saturated rings. The van der Waals surface area contributed by atoms with Crippen molar-refractivity contribution < 1.29 is 9.59 Å². The average Bonchev–Trinajstić information content (AvgIpc) is 3.36. The number of aryl methyl sites for hydroxylation is 1. The van der Waals surface area contributed by atoms with Crippen LogP contribution in [0.2, 0.25) is 5.02 Å². The molecule has 3 aromatic carbocycles. The number of urea groups is 1. The lowest BCUT2D eigenvalue weighted by Crippen LogP contribution is -2.26. The number of anilines is 3. The summed E-state index contributed by atoms with van der Waals surface area (Å²) in [5.74, 6) is -0.192. The summed E-state index contributed by atoms with van der Waals surface area (Å²) in [5.41, 5.74) is 5.64. The number of benzene rings is 3. The second-order valence-electron chi connectivity index (χ2n) is 8.59. The Hall–Kier alpha value is -3.51. The summed E-state index contributed by atoms with van der Waals surface area (Å²) in [6, 6.07) is 18.5. The van der Waals surface area contributed by atoms with E-state index in [4.69, 9.17) is 11.6 Å². The molecular formula is C27H29ClN4O2. The number of carbonyl (C=O) groups is 2. The molecule has 0 saturated carbocycles. The highest BCUT2D eigenvalue weighted by atomic mass is 35.5. The minimum absolute atomic E-state index is 0.192. The minimum atomic E-state index is -0.386. The second kappa shape index (κ2) is 10.6. The van der Waals surface area contributed by atoms with E-state index in [0.717, 1.165) is 42.7 Å². The normalized spacial score (nSPS) is 13.0. The predicted molar refractivity (Wildman–Crippen MR) is 139 cm³/mol. The SMILES string of the molecule is Cc1ccc(CNC(=O)c2ccc(N3CCCC3)c(NC(=O)Nc3cccc(Cl)c3C)c2)cc1. The number of halogens is 1. The molecule has 4 rings (SSSR count). The first-order valence-electron chi connectivity index (χ1n) is 11.5. The summed E-state index contributed by atoms with van der Waals surface area (Å²) in [4.78, 5) is 27.9. The summed E-state index contributed by atoms with van der Waals surface area (Å²) in [5, 5.41) is 9.35. The Bertz CT molecular complexity index is 1190. The van der Waals surface area contributed by atoms with Gasteiger partial charge in [0.2, 0.25) is 0 Å². The third kappa shape index (κ3) is 5.69. The third-order valence-electron chi connectivity index (χ3n) is 6.04. The molecule has 3 N–H and O–H groups in total. The van der Waals surface area contributed by atoms with Crippen LogP contribution in [0.15, 0.2) is 60.7 Å². The molecule has 0 spiro atoms. The molecule has 0 aliphatic carbocycles. The third-order valence-corrected chi connectivity index (χ3v) is 6.45. The van der Waals surface area contributed by atoms with E-state index in [1.807, 2.05) is 50.2 Å². The van der Waals surface area contributed by atoms with Gasteiger partial charge in [-0.15, -0.1) is 0 Å². The van der Waals surface area contributed by atoms with Gasteiger partial charge in [0.1, 0.15) is 0 Å². The van der Waals surface area contributed by atoms with Crippen molar-refractivity contribution in [1.29, 1.82) is 0 Å². The van der Waals surface area contributed by atoms with Gasteiger partial charge in [-0.2, -0.15) is 0 Å². The molecule has 34 heavy (non-hydrogen) atoms. The van der Waals surface area contributed by atoms with E-state index in [9.17, 15) is 9.59 Å². The molecule has 1 aliphatic heterocycles. The van der Waals surface area contributed by atoms with Crippen LogP contribution < -0.4 is 20.9 Å². The van der Waals surface area contributed by atoms with Crippen LogP contribution in [0.3, 0.4) is 0 Å². The van der Waals surface area contributed by atoms with Crippen molar-refractivity contribution in [2.75, 3.05) is 28.6 Å². The summed E-state index contributed by atoms with van der Waals surface area (Å²) >= 11 is 6.18. The Morgan fingerprint density at radius 1 is 0.912 bits per heavy atom. The Kier molecular flexibility index (Phi) is 7.38. The number of rotatable bonds is 6. The molecule has 176 valence electrons. The molecule has 3 aromatic rings. The van der Waals surface area contributed by atoms with Gasteiger partial charge in [0.05, 0.1) is 11.4 Å². The Balaban J connectivity index is 1.52. The van der Waals surface area contributed by atoms with Gasteiger partial charge >= 0.3 is 6.03 Å². The highest BCUT2D eigenvalue weighted by Crippen LogP contribution is 2.31. The Labute approximate surface area is 205 Å². The van der Waals surface area contributed by atoms with E-state index in [0.29, 0.717) is 28.5 Å². The van der Waals surface area contributed by atoms with Crippen LogP contribution in [0.1, 0.15) is 39.9 Å². The maximum absolute atomic E-state index is 12.9. The van der Waals surface area contributed by atoms with Crippen LogP contribution in [-0.2, 0) is 6.54 Å². The number of nitrogens with one attached hydrogen (secondary N) is 3. The quantitative estimate of drug-likeness (QED) is 0.400. The molecule has 6 nitrogen and oxygen atoms in total. The molecule has 0 unspecified atom stereocenters. The summed E-state index contributed by atoms with van der Waals surface area (Å²) in [6.07, 6.45) is 2.21. The smallest absolute Gasteiger partial charge is 0.323 e. The van der Waals surface area contributed by atoms with Gasteiger partial charge in [-0.05, 0) is 68.1 Å². The molecule has 0 aromatic heterocycles. The van der Waals surface area contributed by atoms with Crippen LogP contribution in [0.5, 0.6) is 0 Å².